The second-order valence-corrected chi connectivity index (χ2v) is 3.68. The molecule has 0 bridgehead atoms. The van der Waals surface area contributed by atoms with E-state index in [1.54, 1.807) is 0 Å². The fourth-order valence-electron chi connectivity index (χ4n) is 1.54. The van der Waals surface area contributed by atoms with Gasteiger partial charge in [-0.25, -0.2) is 4.79 Å². The van der Waals surface area contributed by atoms with Gasteiger partial charge in [-0.1, -0.05) is 11.6 Å². The molecule has 1 fully saturated rings. The van der Waals surface area contributed by atoms with E-state index >= 15 is 0 Å². The Morgan fingerprint density at radius 2 is 1.93 bits per heavy atom. The fraction of sp³-hybridized carbons (Fsp3) is 0.700. The van der Waals surface area contributed by atoms with Crippen LogP contribution in [0.4, 0.5) is 4.79 Å². The van der Waals surface area contributed by atoms with Gasteiger partial charge in [0.05, 0.1) is 0 Å². The van der Waals surface area contributed by atoms with Crippen molar-refractivity contribution in [3.8, 4) is 0 Å². The molecule has 0 unspecified atom stereocenters. The van der Waals surface area contributed by atoms with Crippen LogP contribution in [0.2, 0.25) is 0 Å². The van der Waals surface area contributed by atoms with Gasteiger partial charge in [-0.05, 0) is 13.8 Å². The summed E-state index contributed by atoms with van der Waals surface area (Å²) in [7, 11) is 0. The number of rotatable bonds is 2. The number of allylic oxidation sites excluding steroid dienone is 1. The van der Waals surface area contributed by atoms with Crippen LogP contribution < -0.4 is 0 Å². The Hall–Kier alpha value is -1.03. The first-order valence-corrected chi connectivity index (χ1v) is 4.95. The van der Waals surface area contributed by atoms with Crippen LogP contribution >= 0.6 is 0 Å². The molecular formula is C10H18N2O2. The van der Waals surface area contributed by atoms with Gasteiger partial charge in [0, 0.05) is 32.7 Å². The van der Waals surface area contributed by atoms with Crippen molar-refractivity contribution >= 4 is 6.09 Å². The molecule has 1 aliphatic heterocycles. The highest BCUT2D eigenvalue weighted by molar-refractivity contribution is 5.65. The van der Waals surface area contributed by atoms with Gasteiger partial charge in [0.15, 0.2) is 0 Å². The van der Waals surface area contributed by atoms with Gasteiger partial charge in [0.25, 0.3) is 0 Å². The Balaban J connectivity index is 2.32. The summed E-state index contributed by atoms with van der Waals surface area (Å²) >= 11 is 0. The second-order valence-electron chi connectivity index (χ2n) is 3.68. The monoisotopic (exact) mass is 198 g/mol. The van der Waals surface area contributed by atoms with Crippen molar-refractivity contribution in [3.63, 3.8) is 0 Å². The molecule has 0 atom stereocenters. The fourth-order valence-corrected chi connectivity index (χ4v) is 1.54. The van der Waals surface area contributed by atoms with Gasteiger partial charge in [-0.3, -0.25) is 4.90 Å². The Morgan fingerprint density at radius 3 is 2.36 bits per heavy atom. The minimum atomic E-state index is -0.799. The Kier molecular flexibility index (Phi) is 3.95. The smallest absolute Gasteiger partial charge is 0.407 e. The van der Waals surface area contributed by atoms with Crippen molar-refractivity contribution in [2.24, 2.45) is 0 Å². The molecule has 4 nitrogen and oxygen atoms in total. The number of hydrogen-bond acceptors (Lipinski definition) is 2. The standard InChI is InChI=1S/C10H18N2O2/c1-3-9(2)8-11-4-6-12(7-5-11)10(13)14/h3H,4-8H2,1-2H3,(H,13,14)/b9-3+. The van der Waals surface area contributed by atoms with Gasteiger partial charge >= 0.3 is 6.09 Å². The SMILES string of the molecule is C/C=C(\C)CN1CCN(C(=O)O)CC1. The van der Waals surface area contributed by atoms with Crippen molar-refractivity contribution in [2.75, 3.05) is 32.7 Å². The maximum absolute atomic E-state index is 10.6. The average Bonchev–Trinajstić information content (AvgIpc) is 2.18. The van der Waals surface area contributed by atoms with Crippen molar-refractivity contribution in [1.29, 1.82) is 0 Å². The molecule has 1 amide bonds. The van der Waals surface area contributed by atoms with Crippen LogP contribution in [0.3, 0.4) is 0 Å². The molecule has 0 radical (unpaired) electrons. The minimum Gasteiger partial charge on any atom is -0.465 e. The highest BCUT2D eigenvalue weighted by Crippen LogP contribution is 2.04. The van der Waals surface area contributed by atoms with Crippen LogP contribution in [0.5, 0.6) is 0 Å². The van der Waals surface area contributed by atoms with E-state index < -0.39 is 6.09 Å². The lowest BCUT2D eigenvalue weighted by Gasteiger charge is -2.33. The molecule has 0 saturated carbocycles. The summed E-state index contributed by atoms with van der Waals surface area (Å²) in [5, 5.41) is 8.75. The van der Waals surface area contributed by atoms with Crippen LogP contribution in [0, 0.1) is 0 Å². The molecular weight excluding hydrogens is 180 g/mol. The maximum atomic E-state index is 10.6. The van der Waals surface area contributed by atoms with E-state index in [2.05, 4.69) is 17.9 Å². The number of hydrogen-bond donors (Lipinski definition) is 1. The summed E-state index contributed by atoms with van der Waals surface area (Å²) in [6, 6.07) is 0. The van der Waals surface area contributed by atoms with Crippen LogP contribution in [-0.2, 0) is 0 Å². The Bertz CT molecular complexity index is 230. The number of nitrogens with zero attached hydrogens (tertiary/aromatic N) is 2. The van der Waals surface area contributed by atoms with Gasteiger partial charge in [0.2, 0.25) is 0 Å². The second kappa shape index (κ2) is 5.00. The molecule has 4 heteroatoms. The summed E-state index contributed by atoms with van der Waals surface area (Å²) in [5.41, 5.74) is 1.34. The Labute approximate surface area is 84.8 Å². The molecule has 1 heterocycles. The summed E-state index contributed by atoms with van der Waals surface area (Å²) in [4.78, 5) is 14.4. The molecule has 1 saturated heterocycles. The van der Waals surface area contributed by atoms with E-state index in [0.29, 0.717) is 13.1 Å². The summed E-state index contributed by atoms with van der Waals surface area (Å²) < 4.78 is 0. The van der Waals surface area contributed by atoms with Crippen LogP contribution in [-0.4, -0.2) is 53.7 Å². The number of piperazine rings is 1. The number of carbonyl (C=O) groups is 1. The molecule has 0 aromatic rings. The largest absolute Gasteiger partial charge is 0.465 e. The van der Waals surface area contributed by atoms with Crippen molar-refractivity contribution < 1.29 is 9.90 Å². The first kappa shape index (κ1) is 11.0. The van der Waals surface area contributed by atoms with Gasteiger partial charge in [-0.2, -0.15) is 0 Å². The zero-order valence-corrected chi connectivity index (χ0v) is 8.86. The zero-order valence-electron chi connectivity index (χ0n) is 8.86. The van der Waals surface area contributed by atoms with Crippen LogP contribution in [0.1, 0.15) is 13.8 Å². The molecule has 0 aromatic heterocycles. The van der Waals surface area contributed by atoms with Crippen molar-refractivity contribution in [1.82, 2.24) is 9.80 Å². The highest BCUT2D eigenvalue weighted by atomic mass is 16.4. The molecule has 1 N–H and O–H groups in total. The number of carboxylic acid groups (broad SMARTS) is 1. The predicted octanol–water partition coefficient (Wildman–Crippen LogP) is 1.25. The lowest BCUT2D eigenvalue weighted by molar-refractivity contribution is 0.109. The molecule has 1 aliphatic rings. The molecule has 0 aliphatic carbocycles. The van der Waals surface area contributed by atoms with Crippen molar-refractivity contribution in [2.45, 2.75) is 13.8 Å². The minimum absolute atomic E-state index is 0.631. The van der Waals surface area contributed by atoms with E-state index in [1.165, 1.54) is 10.5 Å². The summed E-state index contributed by atoms with van der Waals surface area (Å²) in [5.74, 6) is 0. The molecule has 1 rings (SSSR count). The molecule has 14 heavy (non-hydrogen) atoms. The van der Waals surface area contributed by atoms with Gasteiger partial charge in [0.1, 0.15) is 0 Å². The number of amides is 1. The van der Waals surface area contributed by atoms with Gasteiger partial charge in [-0.15, -0.1) is 0 Å². The van der Waals surface area contributed by atoms with Crippen molar-refractivity contribution in [3.05, 3.63) is 11.6 Å². The normalized spacial score (nSPS) is 19.9. The molecule has 80 valence electrons. The van der Waals surface area contributed by atoms with Crippen LogP contribution in [0.25, 0.3) is 0 Å². The third kappa shape index (κ3) is 3.03. The lowest BCUT2D eigenvalue weighted by atomic mass is 10.2. The summed E-state index contributed by atoms with van der Waals surface area (Å²) in [6.07, 6.45) is 1.30. The predicted molar refractivity (Wildman–Crippen MR) is 55.5 cm³/mol. The third-order valence-electron chi connectivity index (χ3n) is 2.61. The first-order chi connectivity index (χ1) is 6.63. The Morgan fingerprint density at radius 1 is 1.36 bits per heavy atom. The zero-order chi connectivity index (χ0) is 10.6. The van der Waals surface area contributed by atoms with Crippen LogP contribution in [0.15, 0.2) is 11.6 Å². The van der Waals surface area contributed by atoms with E-state index in [4.69, 9.17) is 5.11 Å². The first-order valence-electron chi connectivity index (χ1n) is 4.95. The third-order valence-corrected chi connectivity index (χ3v) is 2.61. The van der Waals surface area contributed by atoms with E-state index in [9.17, 15) is 4.79 Å². The van der Waals surface area contributed by atoms with E-state index in [1.807, 2.05) is 6.92 Å². The quantitative estimate of drug-likeness (QED) is 0.679. The molecule has 0 spiro atoms. The van der Waals surface area contributed by atoms with Gasteiger partial charge < -0.3 is 10.0 Å². The topological polar surface area (TPSA) is 43.8 Å². The highest BCUT2D eigenvalue weighted by Gasteiger charge is 2.19. The summed E-state index contributed by atoms with van der Waals surface area (Å²) in [6.45, 7) is 8.05. The lowest BCUT2D eigenvalue weighted by Crippen LogP contribution is -2.48. The average molecular weight is 198 g/mol. The molecule has 0 aromatic carbocycles. The maximum Gasteiger partial charge on any atom is 0.407 e. The van der Waals surface area contributed by atoms with E-state index in [-0.39, 0.29) is 0 Å². The van der Waals surface area contributed by atoms with E-state index in [0.717, 1.165) is 19.6 Å².